The molecule has 1 aromatic rings. The zero-order valence-electron chi connectivity index (χ0n) is 14.8. The van der Waals surface area contributed by atoms with Gasteiger partial charge in [0, 0.05) is 23.5 Å². The Hall–Kier alpha value is -2.11. The van der Waals surface area contributed by atoms with Crippen LogP contribution < -0.4 is 5.32 Å². The lowest BCUT2D eigenvalue weighted by molar-refractivity contribution is -0.130. The Morgan fingerprint density at radius 2 is 2.00 bits per heavy atom. The number of hydrazone groups is 1. The summed E-state index contributed by atoms with van der Waals surface area (Å²) in [6.07, 6.45) is 2.13. The van der Waals surface area contributed by atoms with Crippen molar-refractivity contribution >= 4 is 18.2 Å². The summed E-state index contributed by atoms with van der Waals surface area (Å²) in [4.78, 5) is 24.3. The quantitative estimate of drug-likeness (QED) is 0.670. The van der Waals surface area contributed by atoms with Crippen LogP contribution >= 0.6 is 0 Å². The lowest BCUT2D eigenvalue weighted by Gasteiger charge is -2.17. The molecule has 0 saturated carbocycles. The van der Waals surface area contributed by atoms with Gasteiger partial charge in [0.25, 0.3) is 5.91 Å². The van der Waals surface area contributed by atoms with Crippen molar-refractivity contribution in [1.29, 1.82) is 0 Å². The standard InChI is InChI=1S/C17H26N4O2/c1-7-17(6)15(22)21(16(23)19-17)18-9-14-8-12(4)20(13(14)5)10-11(2)3/h8-9,11H,7,10H2,1-6H3,(H,19,23). The minimum atomic E-state index is -0.858. The van der Waals surface area contributed by atoms with Crippen molar-refractivity contribution in [2.75, 3.05) is 0 Å². The zero-order valence-corrected chi connectivity index (χ0v) is 14.8. The lowest BCUT2D eigenvalue weighted by atomic mass is 10.00. The van der Waals surface area contributed by atoms with E-state index in [0.717, 1.165) is 28.5 Å². The number of imide groups is 1. The van der Waals surface area contributed by atoms with Gasteiger partial charge in [-0.1, -0.05) is 20.8 Å². The monoisotopic (exact) mass is 318 g/mol. The van der Waals surface area contributed by atoms with Gasteiger partial charge >= 0.3 is 6.03 Å². The molecule has 1 saturated heterocycles. The number of amides is 3. The van der Waals surface area contributed by atoms with E-state index in [9.17, 15) is 9.59 Å². The number of urea groups is 1. The molecule has 0 radical (unpaired) electrons. The van der Waals surface area contributed by atoms with Crippen molar-refractivity contribution in [1.82, 2.24) is 14.9 Å². The van der Waals surface area contributed by atoms with Crippen LogP contribution in [0.4, 0.5) is 4.79 Å². The van der Waals surface area contributed by atoms with E-state index in [2.05, 4.69) is 35.8 Å². The average Bonchev–Trinajstić information content (AvgIpc) is 2.86. The highest BCUT2D eigenvalue weighted by Gasteiger charge is 2.46. The third-order valence-electron chi connectivity index (χ3n) is 4.42. The van der Waals surface area contributed by atoms with Crippen molar-refractivity contribution in [2.45, 2.75) is 60.0 Å². The van der Waals surface area contributed by atoms with E-state index in [1.54, 1.807) is 13.1 Å². The summed E-state index contributed by atoms with van der Waals surface area (Å²) in [5.74, 6) is 0.234. The molecule has 126 valence electrons. The van der Waals surface area contributed by atoms with Gasteiger partial charge in [0.2, 0.25) is 0 Å². The lowest BCUT2D eigenvalue weighted by Crippen LogP contribution is -2.42. The first-order valence-electron chi connectivity index (χ1n) is 8.07. The van der Waals surface area contributed by atoms with Crippen LogP contribution in [0.25, 0.3) is 0 Å². The second-order valence-corrected chi connectivity index (χ2v) is 6.81. The predicted molar refractivity (Wildman–Crippen MR) is 90.4 cm³/mol. The number of aromatic nitrogens is 1. The van der Waals surface area contributed by atoms with Gasteiger partial charge in [-0.3, -0.25) is 4.79 Å². The molecule has 0 aliphatic carbocycles. The van der Waals surface area contributed by atoms with Crippen LogP contribution in [0.1, 0.15) is 51.1 Å². The molecular formula is C17H26N4O2. The molecule has 3 amide bonds. The zero-order chi connectivity index (χ0) is 17.4. The minimum Gasteiger partial charge on any atom is -0.348 e. The van der Waals surface area contributed by atoms with Gasteiger partial charge in [0.15, 0.2) is 0 Å². The first-order valence-corrected chi connectivity index (χ1v) is 8.07. The largest absolute Gasteiger partial charge is 0.348 e. The Bertz CT molecular complexity index is 660. The second-order valence-electron chi connectivity index (χ2n) is 6.81. The summed E-state index contributed by atoms with van der Waals surface area (Å²) in [5.41, 5.74) is 2.30. The van der Waals surface area contributed by atoms with Crippen LogP contribution in [0.3, 0.4) is 0 Å². The summed E-state index contributed by atoms with van der Waals surface area (Å²) in [6, 6.07) is 1.56. The molecule has 1 fully saturated rings. The van der Waals surface area contributed by atoms with Crippen molar-refractivity contribution in [3.05, 3.63) is 23.0 Å². The number of carbonyl (C=O) groups is 2. The Morgan fingerprint density at radius 1 is 1.35 bits per heavy atom. The fraction of sp³-hybridized carbons (Fsp3) is 0.588. The van der Waals surface area contributed by atoms with Crippen LogP contribution in [-0.2, 0) is 11.3 Å². The van der Waals surface area contributed by atoms with Gasteiger partial charge in [0.05, 0.1) is 6.21 Å². The Kier molecular flexibility index (Phi) is 4.63. The molecule has 1 atom stereocenters. The molecule has 6 heteroatoms. The molecule has 0 aromatic carbocycles. The molecule has 2 heterocycles. The molecule has 6 nitrogen and oxygen atoms in total. The van der Waals surface area contributed by atoms with E-state index < -0.39 is 11.6 Å². The maximum atomic E-state index is 12.3. The fourth-order valence-electron chi connectivity index (χ4n) is 2.74. The van der Waals surface area contributed by atoms with Crippen molar-refractivity contribution in [3.63, 3.8) is 0 Å². The van der Waals surface area contributed by atoms with Crippen LogP contribution in [0.15, 0.2) is 11.2 Å². The molecule has 1 aliphatic rings. The minimum absolute atomic E-state index is 0.308. The summed E-state index contributed by atoms with van der Waals surface area (Å²) >= 11 is 0. The van der Waals surface area contributed by atoms with E-state index in [1.807, 2.05) is 19.9 Å². The summed E-state index contributed by atoms with van der Waals surface area (Å²) in [7, 11) is 0. The van der Waals surface area contributed by atoms with Crippen LogP contribution in [0.2, 0.25) is 0 Å². The van der Waals surface area contributed by atoms with Crippen molar-refractivity contribution in [3.8, 4) is 0 Å². The Morgan fingerprint density at radius 3 is 2.52 bits per heavy atom. The topological polar surface area (TPSA) is 66.7 Å². The third kappa shape index (κ3) is 3.16. The first-order chi connectivity index (χ1) is 10.7. The number of carbonyl (C=O) groups excluding carboxylic acids is 2. The number of hydrogen-bond acceptors (Lipinski definition) is 3. The number of rotatable bonds is 5. The Labute approximate surface area is 137 Å². The van der Waals surface area contributed by atoms with Crippen molar-refractivity contribution < 1.29 is 9.59 Å². The van der Waals surface area contributed by atoms with Gasteiger partial charge in [-0.15, -0.1) is 5.01 Å². The molecule has 1 aromatic heterocycles. The molecule has 0 bridgehead atoms. The van der Waals surface area contributed by atoms with E-state index in [0.29, 0.717) is 12.3 Å². The number of hydrogen-bond donors (Lipinski definition) is 1. The highest BCUT2D eigenvalue weighted by Crippen LogP contribution is 2.21. The number of nitrogens with zero attached hydrogens (tertiary/aromatic N) is 3. The van der Waals surface area contributed by atoms with Crippen LogP contribution in [0, 0.1) is 19.8 Å². The van der Waals surface area contributed by atoms with Crippen molar-refractivity contribution in [2.24, 2.45) is 11.0 Å². The highest BCUT2D eigenvalue weighted by atomic mass is 16.2. The molecule has 2 rings (SSSR count). The number of nitrogens with one attached hydrogen (secondary N) is 1. The van der Waals surface area contributed by atoms with E-state index in [-0.39, 0.29) is 5.91 Å². The summed E-state index contributed by atoms with van der Waals surface area (Å²) in [5, 5.41) is 7.75. The third-order valence-corrected chi connectivity index (χ3v) is 4.42. The number of aryl methyl sites for hydroxylation is 1. The van der Waals surface area contributed by atoms with Crippen LogP contribution in [0.5, 0.6) is 0 Å². The molecule has 23 heavy (non-hydrogen) atoms. The van der Waals surface area contributed by atoms with E-state index in [1.165, 1.54) is 0 Å². The molecule has 0 spiro atoms. The van der Waals surface area contributed by atoms with Gasteiger partial charge < -0.3 is 9.88 Å². The van der Waals surface area contributed by atoms with Gasteiger partial charge in [-0.05, 0) is 39.2 Å². The average molecular weight is 318 g/mol. The summed E-state index contributed by atoms with van der Waals surface area (Å²) < 4.78 is 2.23. The Balaban J connectivity index is 2.25. The maximum absolute atomic E-state index is 12.3. The molecule has 1 unspecified atom stereocenters. The van der Waals surface area contributed by atoms with E-state index >= 15 is 0 Å². The summed E-state index contributed by atoms with van der Waals surface area (Å²) in [6.45, 7) is 12.9. The fourth-order valence-corrected chi connectivity index (χ4v) is 2.74. The highest BCUT2D eigenvalue weighted by molar-refractivity contribution is 6.07. The second kappa shape index (κ2) is 6.18. The molecular weight excluding hydrogens is 292 g/mol. The normalized spacial score (nSPS) is 21.8. The first kappa shape index (κ1) is 17.2. The van der Waals surface area contributed by atoms with Crippen LogP contribution in [-0.4, -0.2) is 33.3 Å². The SMILES string of the molecule is CCC1(C)NC(=O)N(N=Cc2cc(C)n(CC(C)C)c2C)C1=O. The smallest absolute Gasteiger partial charge is 0.346 e. The predicted octanol–water partition coefficient (Wildman–Crippen LogP) is 2.82. The van der Waals surface area contributed by atoms with Gasteiger partial charge in [-0.2, -0.15) is 5.10 Å². The van der Waals surface area contributed by atoms with Gasteiger partial charge in [0.1, 0.15) is 5.54 Å². The van der Waals surface area contributed by atoms with Gasteiger partial charge in [-0.25, -0.2) is 4.79 Å². The van der Waals surface area contributed by atoms with E-state index in [4.69, 9.17) is 0 Å². The molecule has 1 aliphatic heterocycles. The molecule has 1 N–H and O–H groups in total. The maximum Gasteiger partial charge on any atom is 0.346 e.